The lowest BCUT2D eigenvalue weighted by atomic mass is 10.1. The third kappa shape index (κ3) is 4.57. The van der Waals surface area contributed by atoms with Crippen molar-refractivity contribution < 1.29 is 18.4 Å². The molecule has 2 aliphatic heterocycles. The third-order valence-corrected chi connectivity index (χ3v) is 7.91. The Kier molecular flexibility index (Phi) is 6.24. The Bertz CT molecular complexity index is 1060. The standard InChI is InChI=1S/C21H27N5O4S/c1-23-10-6-19(7-11-23)25-15-18(14-22-25)17-2-4-21(5-3-17)31(29,30)24-12-8-20(9-13-24)26(28)16-27/h2-5,8,14-16,19,28H,6-7,9-13H2,1H3. The van der Waals surface area contributed by atoms with Gasteiger partial charge in [-0.05, 0) is 56.8 Å². The zero-order valence-electron chi connectivity index (χ0n) is 17.5. The predicted octanol–water partition coefficient (Wildman–Crippen LogP) is 1.94. The maximum Gasteiger partial charge on any atom is 0.243 e. The van der Waals surface area contributed by atoms with Gasteiger partial charge in [-0.1, -0.05) is 12.1 Å². The SMILES string of the molecule is CN1CCC(n2cc(-c3ccc(S(=O)(=O)N4CC=C(N(O)C=O)CC4)cc3)cn2)CC1. The second kappa shape index (κ2) is 8.91. The molecule has 31 heavy (non-hydrogen) atoms. The first-order valence-electron chi connectivity index (χ1n) is 10.3. The van der Waals surface area contributed by atoms with Gasteiger partial charge in [-0.3, -0.25) is 14.7 Å². The molecule has 1 saturated heterocycles. The quantitative estimate of drug-likeness (QED) is 0.415. The molecule has 1 amide bonds. The van der Waals surface area contributed by atoms with Crippen LogP contribution in [0.4, 0.5) is 0 Å². The zero-order chi connectivity index (χ0) is 22.0. The van der Waals surface area contributed by atoms with Crippen molar-refractivity contribution in [1.82, 2.24) is 24.0 Å². The molecule has 0 radical (unpaired) electrons. The number of nitrogens with zero attached hydrogens (tertiary/aromatic N) is 5. The monoisotopic (exact) mass is 445 g/mol. The Morgan fingerprint density at radius 1 is 1.13 bits per heavy atom. The predicted molar refractivity (Wildman–Crippen MR) is 115 cm³/mol. The summed E-state index contributed by atoms with van der Waals surface area (Å²) in [5.41, 5.74) is 2.28. The molecule has 1 aromatic heterocycles. The van der Waals surface area contributed by atoms with Gasteiger partial charge in [0.05, 0.1) is 17.1 Å². The van der Waals surface area contributed by atoms with Crippen LogP contribution in [0.3, 0.4) is 0 Å². The summed E-state index contributed by atoms with van der Waals surface area (Å²) in [6.07, 6.45) is 8.10. The first kappa shape index (κ1) is 21.7. The molecule has 0 atom stereocenters. The van der Waals surface area contributed by atoms with Crippen molar-refractivity contribution in [2.75, 3.05) is 33.2 Å². The van der Waals surface area contributed by atoms with Crippen LogP contribution in [0.2, 0.25) is 0 Å². The molecule has 0 bridgehead atoms. The first-order chi connectivity index (χ1) is 14.9. The fourth-order valence-electron chi connectivity index (χ4n) is 4.05. The molecule has 1 N–H and O–H groups in total. The van der Waals surface area contributed by atoms with Crippen molar-refractivity contribution in [3.8, 4) is 11.1 Å². The molecule has 2 aromatic rings. The lowest BCUT2D eigenvalue weighted by Gasteiger charge is -2.28. The van der Waals surface area contributed by atoms with Gasteiger partial charge in [0.2, 0.25) is 16.4 Å². The van der Waals surface area contributed by atoms with E-state index in [9.17, 15) is 18.4 Å². The number of carbonyl (C=O) groups is 1. The third-order valence-electron chi connectivity index (χ3n) is 6.03. The molecule has 1 fully saturated rings. The second-order valence-electron chi connectivity index (χ2n) is 8.03. The number of carbonyl (C=O) groups excluding carboxylic acids is 1. The Balaban J connectivity index is 1.46. The van der Waals surface area contributed by atoms with E-state index >= 15 is 0 Å². The highest BCUT2D eigenvalue weighted by Gasteiger charge is 2.27. The lowest BCUT2D eigenvalue weighted by molar-refractivity contribution is -0.142. The smallest absolute Gasteiger partial charge is 0.243 e. The van der Waals surface area contributed by atoms with Crippen LogP contribution in [0.5, 0.6) is 0 Å². The molecule has 10 heteroatoms. The molecule has 4 rings (SSSR count). The molecule has 0 spiro atoms. The van der Waals surface area contributed by atoms with Gasteiger partial charge >= 0.3 is 0 Å². The van der Waals surface area contributed by atoms with Gasteiger partial charge in [-0.15, -0.1) is 0 Å². The molecule has 166 valence electrons. The molecule has 2 aliphatic rings. The minimum absolute atomic E-state index is 0.105. The Labute approximate surface area is 182 Å². The van der Waals surface area contributed by atoms with Crippen molar-refractivity contribution in [1.29, 1.82) is 0 Å². The highest BCUT2D eigenvalue weighted by Crippen LogP contribution is 2.27. The van der Waals surface area contributed by atoms with Gasteiger partial charge in [0.25, 0.3) is 0 Å². The molecule has 0 unspecified atom stereocenters. The minimum Gasteiger partial charge on any atom is -0.306 e. The number of hydroxylamine groups is 2. The number of amides is 1. The van der Waals surface area contributed by atoms with Crippen molar-refractivity contribution in [3.05, 3.63) is 48.4 Å². The van der Waals surface area contributed by atoms with Crippen LogP contribution < -0.4 is 0 Å². The maximum atomic E-state index is 12.9. The van der Waals surface area contributed by atoms with Gasteiger partial charge < -0.3 is 4.90 Å². The molecule has 0 aliphatic carbocycles. The number of hydrogen-bond donors (Lipinski definition) is 1. The number of hydrogen-bond acceptors (Lipinski definition) is 6. The second-order valence-corrected chi connectivity index (χ2v) is 9.96. The van der Waals surface area contributed by atoms with Crippen LogP contribution in [0.25, 0.3) is 11.1 Å². The number of piperidine rings is 1. The summed E-state index contributed by atoms with van der Waals surface area (Å²) in [7, 11) is -1.53. The lowest BCUT2D eigenvalue weighted by Crippen LogP contribution is -2.37. The Morgan fingerprint density at radius 2 is 1.84 bits per heavy atom. The molecule has 1 aromatic carbocycles. The van der Waals surface area contributed by atoms with Crippen LogP contribution in [-0.4, -0.2) is 77.3 Å². The van der Waals surface area contributed by atoms with E-state index in [0.717, 1.165) is 37.1 Å². The van der Waals surface area contributed by atoms with E-state index in [1.54, 1.807) is 30.3 Å². The van der Waals surface area contributed by atoms with Gasteiger partial charge in [0.1, 0.15) is 0 Å². The summed E-state index contributed by atoms with van der Waals surface area (Å²) in [5, 5.41) is 14.5. The zero-order valence-corrected chi connectivity index (χ0v) is 18.3. The first-order valence-corrected chi connectivity index (χ1v) is 11.8. The number of sulfonamides is 1. The number of aromatic nitrogens is 2. The summed E-state index contributed by atoms with van der Waals surface area (Å²) in [4.78, 5) is 13.2. The van der Waals surface area contributed by atoms with Crippen LogP contribution in [-0.2, 0) is 14.8 Å². The minimum atomic E-state index is -3.66. The van der Waals surface area contributed by atoms with Crippen molar-refractivity contribution in [2.45, 2.75) is 30.2 Å². The highest BCUT2D eigenvalue weighted by molar-refractivity contribution is 7.89. The van der Waals surface area contributed by atoms with E-state index in [0.29, 0.717) is 23.2 Å². The van der Waals surface area contributed by atoms with E-state index in [1.165, 1.54) is 4.31 Å². The Morgan fingerprint density at radius 3 is 2.45 bits per heavy atom. The fraction of sp³-hybridized carbons (Fsp3) is 0.429. The summed E-state index contributed by atoms with van der Waals surface area (Å²) < 4.78 is 29.3. The van der Waals surface area contributed by atoms with Crippen LogP contribution in [0.1, 0.15) is 25.3 Å². The highest BCUT2D eigenvalue weighted by atomic mass is 32.2. The van der Waals surface area contributed by atoms with Crippen LogP contribution >= 0.6 is 0 Å². The average molecular weight is 446 g/mol. The fourth-order valence-corrected chi connectivity index (χ4v) is 5.43. The summed E-state index contributed by atoms with van der Waals surface area (Å²) in [6.45, 7) is 2.42. The van der Waals surface area contributed by atoms with E-state index in [4.69, 9.17) is 0 Å². The van der Waals surface area contributed by atoms with Gasteiger partial charge in [-0.25, -0.2) is 8.42 Å². The van der Waals surface area contributed by atoms with Gasteiger partial charge in [0, 0.05) is 37.0 Å². The van der Waals surface area contributed by atoms with Crippen LogP contribution in [0, 0.1) is 0 Å². The topological polar surface area (TPSA) is 99.0 Å². The Hall–Kier alpha value is -2.53. The van der Waals surface area contributed by atoms with Crippen LogP contribution in [0.15, 0.2) is 53.3 Å². The maximum absolute atomic E-state index is 12.9. The number of likely N-dealkylation sites (tertiary alicyclic amines) is 1. The number of benzene rings is 1. The molecular formula is C21H27N5O4S. The van der Waals surface area contributed by atoms with E-state index < -0.39 is 10.0 Å². The normalized spacial score (nSPS) is 19.2. The molecule has 3 heterocycles. The van der Waals surface area contributed by atoms with Gasteiger partial charge in [0.15, 0.2) is 0 Å². The summed E-state index contributed by atoms with van der Waals surface area (Å²) in [5.74, 6) is 0. The number of rotatable bonds is 6. The van der Waals surface area contributed by atoms with E-state index in [2.05, 4.69) is 17.0 Å². The van der Waals surface area contributed by atoms with E-state index in [1.807, 2.05) is 17.1 Å². The average Bonchev–Trinajstić information content (AvgIpc) is 3.29. The largest absolute Gasteiger partial charge is 0.306 e. The van der Waals surface area contributed by atoms with E-state index in [-0.39, 0.29) is 24.4 Å². The van der Waals surface area contributed by atoms with Gasteiger partial charge in [-0.2, -0.15) is 14.5 Å². The van der Waals surface area contributed by atoms with Crippen molar-refractivity contribution >= 4 is 16.4 Å². The van der Waals surface area contributed by atoms with Crippen molar-refractivity contribution in [3.63, 3.8) is 0 Å². The summed E-state index contributed by atoms with van der Waals surface area (Å²) in [6, 6.07) is 7.23. The molecule has 9 nitrogen and oxygen atoms in total. The molecule has 0 saturated carbocycles. The van der Waals surface area contributed by atoms with Crippen molar-refractivity contribution in [2.24, 2.45) is 0 Å². The summed E-state index contributed by atoms with van der Waals surface area (Å²) >= 11 is 0. The molecular weight excluding hydrogens is 418 g/mol.